The molecule has 0 aromatic carbocycles. The third-order valence-electron chi connectivity index (χ3n) is 2.26. The van der Waals surface area contributed by atoms with Crippen LogP contribution in [-0.4, -0.2) is 21.9 Å². The molecular formula is C11H10ClFN4OS. The summed E-state index contributed by atoms with van der Waals surface area (Å²) in [5.41, 5.74) is 2.58. The molecule has 0 fully saturated rings. The van der Waals surface area contributed by atoms with Crippen molar-refractivity contribution in [1.82, 2.24) is 15.2 Å². The van der Waals surface area contributed by atoms with Crippen LogP contribution in [0.2, 0.25) is 5.02 Å². The molecule has 5 nitrogen and oxygen atoms in total. The first-order valence-corrected chi connectivity index (χ1v) is 6.61. The number of hydrogen-bond donors (Lipinski definition) is 1. The Labute approximate surface area is 117 Å². The third kappa shape index (κ3) is 3.18. The first-order chi connectivity index (χ1) is 9.11. The fourth-order valence-electron chi connectivity index (χ4n) is 1.43. The largest absolute Gasteiger partial charge is 0.291 e. The summed E-state index contributed by atoms with van der Waals surface area (Å²) in [5, 5.41) is 7.65. The van der Waals surface area contributed by atoms with Gasteiger partial charge in [-0.1, -0.05) is 11.6 Å². The normalized spacial score (nSPS) is 11.1. The Balaban J connectivity index is 2.05. The molecule has 1 N–H and O–H groups in total. The molecule has 0 bridgehead atoms. The van der Waals surface area contributed by atoms with Crippen LogP contribution in [0, 0.1) is 5.13 Å². The van der Waals surface area contributed by atoms with E-state index in [2.05, 4.69) is 15.6 Å². The maximum Gasteiger partial charge on any atom is 0.291 e. The molecule has 0 unspecified atom stereocenters. The Morgan fingerprint density at radius 3 is 3.11 bits per heavy atom. The topological polar surface area (TPSA) is 59.3 Å². The maximum atomic E-state index is 12.7. The minimum atomic E-state index is -0.461. The number of hydrogen-bond acceptors (Lipinski definition) is 4. The number of carbonyl (C=O) groups excluding carboxylic acids is 1. The van der Waals surface area contributed by atoms with Crippen LogP contribution >= 0.6 is 22.9 Å². The second-order valence-electron chi connectivity index (χ2n) is 3.50. The molecule has 2 aromatic heterocycles. The van der Waals surface area contributed by atoms with E-state index >= 15 is 0 Å². The van der Waals surface area contributed by atoms with Gasteiger partial charge in [-0.25, -0.2) is 5.43 Å². The third-order valence-corrected chi connectivity index (χ3v) is 3.35. The molecular weight excluding hydrogens is 291 g/mol. The minimum Gasteiger partial charge on any atom is -0.266 e. The first kappa shape index (κ1) is 13.7. The number of nitrogens with one attached hydrogen (secondary N) is 1. The average Bonchev–Trinajstić information content (AvgIpc) is 2.95. The highest BCUT2D eigenvalue weighted by molar-refractivity contribution is 7.12. The van der Waals surface area contributed by atoms with E-state index < -0.39 is 5.91 Å². The molecule has 2 aromatic rings. The summed E-state index contributed by atoms with van der Waals surface area (Å²) in [7, 11) is 0. The second kappa shape index (κ2) is 5.94. The lowest BCUT2D eigenvalue weighted by Gasteiger charge is -2.03. The van der Waals surface area contributed by atoms with E-state index in [9.17, 15) is 9.18 Å². The van der Waals surface area contributed by atoms with Crippen molar-refractivity contribution < 1.29 is 9.18 Å². The van der Waals surface area contributed by atoms with Crippen LogP contribution in [0.25, 0.3) is 0 Å². The van der Waals surface area contributed by atoms with Gasteiger partial charge in [0.2, 0.25) is 0 Å². The highest BCUT2D eigenvalue weighted by atomic mass is 35.5. The van der Waals surface area contributed by atoms with Gasteiger partial charge in [-0.2, -0.15) is 14.6 Å². The molecule has 2 rings (SSSR count). The lowest BCUT2D eigenvalue weighted by atomic mass is 10.4. The molecule has 0 radical (unpaired) electrons. The number of aryl methyl sites for hydroxylation is 1. The molecule has 19 heavy (non-hydrogen) atoms. The Hall–Kier alpha value is -1.73. The van der Waals surface area contributed by atoms with Gasteiger partial charge in [-0.05, 0) is 19.1 Å². The monoisotopic (exact) mass is 300 g/mol. The summed E-state index contributed by atoms with van der Waals surface area (Å²) >= 11 is 6.81. The van der Waals surface area contributed by atoms with Crippen LogP contribution in [0.3, 0.4) is 0 Å². The van der Waals surface area contributed by atoms with Crippen LogP contribution in [0.5, 0.6) is 0 Å². The summed E-state index contributed by atoms with van der Waals surface area (Å²) < 4.78 is 14.2. The Kier molecular flexibility index (Phi) is 4.28. The molecule has 0 spiro atoms. The molecule has 0 saturated carbocycles. The number of rotatable bonds is 4. The Morgan fingerprint density at radius 2 is 2.47 bits per heavy atom. The van der Waals surface area contributed by atoms with Gasteiger partial charge in [-0.3, -0.25) is 9.48 Å². The van der Waals surface area contributed by atoms with E-state index in [0.717, 1.165) is 11.3 Å². The zero-order valence-corrected chi connectivity index (χ0v) is 11.5. The summed E-state index contributed by atoms with van der Waals surface area (Å²) in [5.74, 6) is -0.461. The maximum absolute atomic E-state index is 12.7. The van der Waals surface area contributed by atoms with E-state index in [1.165, 1.54) is 23.2 Å². The van der Waals surface area contributed by atoms with Crippen LogP contribution in [0.1, 0.15) is 22.3 Å². The number of amides is 1. The number of hydrazone groups is 1. The molecule has 100 valence electrons. The van der Waals surface area contributed by atoms with Crippen LogP contribution in [0.15, 0.2) is 23.4 Å². The molecule has 8 heteroatoms. The fourth-order valence-corrected chi connectivity index (χ4v) is 2.26. The van der Waals surface area contributed by atoms with Gasteiger partial charge in [0, 0.05) is 6.54 Å². The van der Waals surface area contributed by atoms with Crippen molar-refractivity contribution >= 4 is 35.1 Å². The lowest BCUT2D eigenvalue weighted by molar-refractivity contribution is 0.0944. The number of carbonyl (C=O) groups is 1. The smallest absolute Gasteiger partial charge is 0.266 e. The molecule has 2 heterocycles. The van der Waals surface area contributed by atoms with Crippen molar-refractivity contribution in [3.63, 3.8) is 0 Å². The van der Waals surface area contributed by atoms with E-state index in [4.69, 9.17) is 11.6 Å². The molecule has 0 aliphatic carbocycles. The van der Waals surface area contributed by atoms with Gasteiger partial charge in [-0.15, -0.1) is 11.3 Å². The van der Waals surface area contributed by atoms with Crippen molar-refractivity contribution in [3.8, 4) is 0 Å². The van der Waals surface area contributed by atoms with Crippen LogP contribution in [0.4, 0.5) is 4.39 Å². The first-order valence-electron chi connectivity index (χ1n) is 5.42. The Bertz CT molecular complexity index is 622. The van der Waals surface area contributed by atoms with Gasteiger partial charge in [0.15, 0.2) is 5.13 Å². The van der Waals surface area contributed by atoms with Crippen molar-refractivity contribution in [3.05, 3.63) is 39.1 Å². The average molecular weight is 301 g/mol. The van der Waals surface area contributed by atoms with Crippen molar-refractivity contribution in [2.45, 2.75) is 13.5 Å². The predicted octanol–water partition coefficient (Wildman–Crippen LogP) is 2.52. The summed E-state index contributed by atoms with van der Waals surface area (Å²) in [6.07, 6.45) is 2.77. The van der Waals surface area contributed by atoms with Crippen molar-refractivity contribution in [2.24, 2.45) is 5.10 Å². The summed E-state index contributed by atoms with van der Waals surface area (Å²) in [4.78, 5) is 12.5. The second-order valence-corrected chi connectivity index (χ2v) is 4.97. The predicted molar refractivity (Wildman–Crippen MR) is 72.2 cm³/mol. The SMILES string of the molecule is CCn1ncc(Cl)c1C(=O)NN=Cc1ccc(F)s1. The lowest BCUT2D eigenvalue weighted by Crippen LogP contribution is -2.22. The summed E-state index contributed by atoms with van der Waals surface area (Å²) in [6, 6.07) is 2.90. The number of nitrogens with zero attached hydrogens (tertiary/aromatic N) is 3. The molecule has 0 aliphatic rings. The molecule has 0 saturated heterocycles. The fraction of sp³-hybridized carbons (Fsp3) is 0.182. The van der Waals surface area contributed by atoms with E-state index in [1.807, 2.05) is 6.92 Å². The van der Waals surface area contributed by atoms with Crippen molar-refractivity contribution in [2.75, 3.05) is 0 Å². The molecule has 0 atom stereocenters. The van der Waals surface area contributed by atoms with Gasteiger partial charge in [0.05, 0.1) is 22.3 Å². The van der Waals surface area contributed by atoms with Gasteiger partial charge in [0.25, 0.3) is 5.91 Å². The molecule has 1 amide bonds. The highest BCUT2D eigenvalue weighted by Gasteiger charge is 2.15. The van der Waals surface area contributed by atoms with Gasteiger partial charge < -0.3 is 0 Å². The van der Waals surface area contributed by atoms with E-state index in [0.29, 0.717) is 11.4 Å². The zero-order chi connectivity index (χ0) is 13.8. The highest BCUT2D eigenvalue weighted by Crippen LogP contribution is 2.15. The number of aromatic nitrogens is 2. The quantitative estimate of drug-likeness (QED) is 0.697. The van der Waals surface area contributed by atoms with Gasteiger partial charge >= 0.3 is 0 Å². The van der Waals surface area contributed by atoms with E-state index in [-0.39, 0.29) is 15.8 Å². The van der Waals surface area contributed by atoms with Crippen LogP contribution < -0.4 is 5.43 Å². The standard InChI is InChI=1S/C11H10ClFN4OS/c1-2-17-10(8(12)6-15-17)11(18)16-14-5-7-3-4-9(13)19-7/h3-6H,2H2,1H3,(H,16,18). The molecule has 0 aliphatic heterocycles. The minimum absolute atomic E-state index is 0.249. The van der Waals surface area contributed by atoms with Crippen LogP contribution in [-0.2, 0) is 6.54 Å². The van der Waals surface area contributed by atoms with E-state index in [1.54, 1.807) is 6.07 Å². The zero-order valence-electron chi connectivity index (χ0n) is 9.93. The Morgan fingerprint density at radius 1 is 1.68 bits per heavy atom. The number of thiophene rings is 1. The van der Waals surface area contributed by atoms with Crippen molar-refractivity contribution in [1.29, 1.82) is 0 Å². The van der Waals surface area contributed by atoms with Gasteiger partial charge in [0.1, 0.15) is 5.69 Å². The summed E-state index contributed by atoms with van der Waals surface area (Å²) in [6.45, 7) is 2.37. The number of halogens is 2.